The van der Waals surface area contributed by atoms with Gasteiger partial charge in [-0.2, -0.15) is 0 Å². The van der Waals surface area contributed by atoms with Crippen molar-refractivity contribution in [1.29, 1.82) is 0 Å². The minimum absolute atomic E-state index is 0.190. The van der Waals surface area contributed by atoms with E-state index in [4.69, 9.17) is 9.47 Å². The van der Waals surface area contributed by atoms with Crippen LogP contribution in [0.5, 0.6) is 0 Å². The van der Waals surface area contributed by atoms with Crippen molar-refractivity contribution in [3.8, 4) is 0 Å². The number of rotatable bonds is 8. The van der Waals surface area contributed by atoms with Gasteiger partial charge < -0.3 is 19.1 Å². The van der Waals surface area contributed by atoms with Crippen LogP contribution in [0.2, 0.25) is 0 Å². The van der Waals surface area contributed by atoms with Gasteiger partial charge in [-0.05, 0) is 11.1 Å². The fourth-order valence-corrected chi connectivity index (χ4v) is 4.06. The van der Waals surface area contributed by atoms with Crippen LogP contribution in [0, 0.1) is 0 Å². The SMILES string of the molecule is COCC[N+]1(C)CCC[C@@H]1COC(=O)C([O-])(c1ccccc1)c1ccccc1. The van der Waals surface area contributed by atoms with Gasteiger partial charge in [0.15, 0.2) is 0 Å². The number of methoxy groups -OCH3 is 1. The van der Waals surface area contributed by atoms with Gasteiger partial charge in [-0.15, -0.1) is 0 Å². The Morgan fingerprint density at radius 3 is 2.21 bits per heavy atom. The van der Waals surface area contributed by atoms with Crippen molar-refractivity contribution in [3.05, 3.63) is 71.8 Å². The lowest BCUT2D eigenvalue weighted by Gasteiger charge is -2.40. The molecule has 0 aliphatic carbocycles. The molecule has 1 aliphatic heterocycles. The summed E-state index contributed by atoms with van der Waals surface area (Å²) in [6.07, 6.45) is 2.07. The molecular weight excluding hydrogens is 354 g/mol. The highest BCUT2D eigenvalue weighted by Gasteiger charge is 2.40. The largest absolute Gasteiger partial charge is 0.834 e. The number of nitrogens with zero attached hydrogens (tertiary/aromatic N) is 1. The van der Waals surface area contributed by atoms with Crippen LogP contribution in [-0.2, 0) is 19.9 Å². The summed E-state index contributed by atoms with van der Waals surface area (Å²) in [7, 11) is 3.87. The summed E-state index contributed by atoms with van der Waals surface area (Å²) < 4.78 is 11.7. The maximum absolute atomic E-state index is 13.8. The van der Waals surface area contributed by atoms with E-state index in [1.807, 2.05) is 12.1 Å². The van der Waals surface area contributed by atoms with Crippen LogP contribution in [0.25, 0.3) is 0 Å². The van der Waals surface area contributed by atoms with Gasteiger partial charge in [-0.1, -0.05) is 60.7 Å². The molecule has 1 heterocycles. The number of esters is 1. The maximum atomic E-state index is 13.8. The number of hydrogen-bond donors (Lipinski definition) is 0. The first-order chi connectivity index (χ1) is 13.5. The van der Waals surface area contributed by atoms with E-state index in [1.165, 1.54) is 0 Å². The molecule has 3 rings (SSSR count). The molecule has 2 aromatic carbocycles. The van der Waals surface area contributed by atoms with Gasteiger partial charge in [0.05, 0.1) is 20.2 Å². The lowest BCUT2D eigenvalue weighted by atomic mass is 9.86. The molecule has 28 heavy (non-hydrogen) atoms. The average Bonchev–Trinajstić information content (AvgIpc) is 3.11. The van der Waals surface area contributed by atoms with E-state index in [0.29, 0.717) is 17.7 Å². The number of hydrogen-bond acceptors (Lipinski definition) is 4. The summed E-state index contributed by atoms with van der Waals surface area (Å²) in [5.41, 5.74) is -1.28. The highest BCUT2D eigenvalue weighted by atomic mass is 16.6. The molecule has 0 bridgehead atoms. The molecule has 5 nitrogen and oxygen atoms in total. The Hall–Kier alpha value is -2.21. The molecule has 5 heteroatoms. The Labute approximate surface area is 167 Å². The third kappa shape index (κ3) is 4.12. The van der Waals surface area contributed by atoms with Crippen molar-refractivity contribution in [2.45, 2.75) is 24.5 Å². The van der Waals surface area contributed by atoms with E-state index in [-0.39, 0.29) is 12.6 Å². The zero-order valence-corrected chi connectivity index (χ0v) is 16.7. The molecule has 0 spiro atoms. The van der Waals surface area contributed by atoms with Crippen molar-refractivity contribution in [2.24, 2.45) is 0 Å². The van der Waals surface area contributed by atoms with Crippen LogP contribution >= 0.6 is 0 Å². The van der Waals surface area contributed by atoms with E-state index < -0.39 is 11.6 Å². The number of likely N-dealkylation sites (tertiary alicyclic amines) is 1. The van der Waals surface area contributed by atoms with Crippen molar-refractivity contribution in [1.82, 2.24) is 0 Å². The van der Waals surface area contributed by atoms with E-state index in [9.17, 15) is 9.90 Å². The second kappa shape index (κ2) is 8.86. The number of carbonyl (C=O) groups is 1. The first kappa shape index (κ1) is 20.5. The summed E-state index contributed by atoms with van der Waals surface area (Å²) in [5.74, 6) is -0.741. The lowest BCUT2D eigenvalue weighted by Crippen LogP contribution is -2.54. The van der Waals surface area contributed by atoms with E-state index in [0.717, 1.165) is 30.4 Å². The molecule has 1 fully saturated rings. The Morgan fingerprint density at radius 1 is 1.11 bits per heavy atom. The molecule has 1 aliphatic rings. The quantitative estimate of drug-likeness (QED) is 0.517. The first-order valence-electron chi connectivity index (χ1n) is 9.82. The average molecular weight is 383 g/mol. The molecule has 1 unspecified atom stereocenters. The molecule has 150 valence electrons. The van der Waals surface area contributed by atoms with E-state index in [2.05, 4.69) is 7.05 Å². The molecule has 0 saturated carbocycles. The molecule has 2 atom stereocenters. The standard InChI is InChI=1S/C23H29NO4/c1-24(16-17-27-2)15-9-14-21(24)18-28-22(25)23(26,19-10-5-3-6-11-19)20-12-7-4-8-13-20/h3-8,10-13,21H,9,14-18H2,1-2H3/t21-,24?/m1/s1. The number of likely N-dealkylation sites (N-methyl/N-ethyl adjacent to an activating group) is 1. The van der Waals surface area contributed by atoms with Crippen LogP contribution in [0.3, 0.4) is 0 Å². The van der Waals surface area contributed by atoms with Gasteiger partial charge in [-0.25, -0.2) is 0 Å². The second-order valence-corrected chi connectivity index (χ2v) is 7.73. The maximum Gasteiger partial charge on any atom is 0.304 e. The molecule has 0 radical (unpaired) electrons. The van der Waals surface area contributed by atoms with Crippen LogP contribution in [0.15, 0.2) is 60.7 Å². The Kier molecular flexibility index (Phi) is 6.50. The van der Waals surface area contributed by atoms with Crippen LogP contribution in [-0.4, -0.2) is 57.0 Å². The molecule has 1 saturated heterocycles. The highest BCUT2D eigenvalue weighted by Crippen LogP contribution is 2.30. The van der Waals surface area contributed by atoms with Crippen molar-refractivity contribution < 1.29 is 23.9 Å². The summed E-state index contributed by atoms with van der Waals surface area (Å²) in [5, 5.41) is 13.8. The van der Waals surface area contributed by atoms with Crippen molar-refractivity contribution in [2.75, 3.05) is 40.5 Å². The van der Waals surface area contributed by atoms with Gasteiger partial charge >= 0.3 is 5.97 Å². The molecular formula is C23H29NO4. The van der Waals surface area contributed by atoms with Gasteiger partial charge in [0.1, 0.15) is 19.2 Å². The second-order valence-electron chi connectivity index (χ2n) is 7.73. The number of quaternary nitrogens is 1. The lowest BCUT2D eigenvalue weighted by molar-refractivity contribution is -0.921. The number of carbonyl (C=O) groups excluding carboxylic acids is 1. The third-order valence-corrected chi connectivity index (χ3v) is 5.95. The van der Waals surface area contributed by atoms with Crippen LogP contribution < -0.4 is 5.11 Å². The monoisotopic (exact) mass is 383 g/mol. The minimum Gasteiger partial charge on any atom is -0.834 e. The molecule has 0 N–H and O–H groups in total. The molecule has 2 aromatic rings. The Balaban J connectivity index is 1.79. The van der Waals surface area contributed by atoms with Gasteiger partial charge in [-0.3, -0.25) is 4.79 Å². The normalized spacial score (nSPS) is 22.2. The van der Waals surface area contributed by atoms with Gasteiger partial charge in [0.25, 0.3) is 0 Å². The summed E-state index contributed by atoms with van der Waals surface area (Å²) >= 11 is 0. The fraction of sp³-hybridized carbons (Fsp3) is 0.435. The fourth-order valence-electron chi connectivity index (χ4n) is 4.06. The zero-order valence-electron chi connectivity index (χ0n) is 16.7. The predicted octanol–water partition coefficient (Wildman–Crippen LogP) is 2.09. The van der Waals surface area contributed by atoms with Crippen molar-refractivity contribution >= 4 is 5.97 Å². The van der Waals surface area contributed by atoms with Gasteiger partial charge in [0, 0.05) is 25.6 Å². The number of benzene rings is 2. The topological polar surface area (TPSA) is 58.6 Å². The van der Waals surface area contributed by atoms with Crippen molar-refractivity contribution in [3.63, 3.8) is 0 Å². The van der Waals surface area contributed by atoms with Gasteiger partial charge in [0.2, 0.25) is 0 Å². The van der Waals surface area contributed by atoms with Crippen LogP contribution in [0.4, 0.5) is 0 Å². The minimum atomic E-state index is -2.07. The predicted molar refractivity (Wildman–Crippen MR) is 105 cm³/mol. The Morgan fingerprint density at radius 2 is 1.68 bits per heavy atom. The third-order valence-electron chi connectivity index (χ3n) is 5.95. The molecule has 0 amide bonds. The smallest absolute Gasteiger partial charge is 0.304 e. The zero-order chi connectivity index (χ0) is 20.0. The number of ether oxygens (including phenoxy) is 2. The first-order valence-corrected chi connectivity index (χ1v) is 9.82. The summed E-state index contributed by atoms with van der Waals surface area (Å²) in [6.45, 7) is 2.83. The van der Waals surface area contributed by atoms with E-state index >= 15 is 0 Å². The summed E-state index contributed by atoms with van der Waals surface area (Å²) in [4.78, 5) is 13.1. The highest BCUT2D eigenvalue weighted by molar-refractivity contribution is 5.85. The molecule has 0 aromatic heterocycles. The summed E-state index contributed by atoms with van der Waals surface area (Å²) in [6, 6.07) is 17.7. The Bertz CT molecular complexity index is 725. The van der Waals surface area contributed by atoms with E-state index in [1.54, 1.807) is 55.6 Å². The van der Waals surface area contributed by atoms with Crippen LogP contribution in [0.1, 0.15) is 24.0 Å².